The van der Waals surface area contributed by atoms with Crippen molar-refractivity contribution in [1.82, 2.24) is 20.6 Å². The highest BCUT2D eigenvalue weighted by Crippen LogP contribution is 2.38. The number of halogens is 6. The molecule has 3 aromatic carbocycles. The number of carbonyl (C=O) groups is 1. The van der Waals surface area contributed by atoms with Gasteiger partial charge in [0.1, 0.15) is 0 Å². The maximum absolute atomic E-state index is 13.5. The van der Waals surface area contributed by atoms with E-state index in [0.717, 1.165) is 31.2 Å². The van der Waals surface area contributed by atoms with Gasteiger partial charge in [-0.15, -0.1) is 5.10 Å². The van der Waals surface area contributed by atoms with Gasteiger partial charge in [0, 0.05) is 11.3 Å². The number of aliphatic imine (C=N–C) groups is 1. The average Bonchev–Trinajstić information content (AvgIpc) is 3.53. The lowest BCUT2D eigenvalue weighted by Gasteiger charge is -2.26. The first kappa shape index (κ1) is 31.5. The summed E-state index contributed by atoms with van der Waals surface area (Å²) in [6.45, 7) is 0.0376. The fourth-order valence-corrected chi connectivity index (χ4v) is 5.20. The van der Waals surface area contributed by atoms with E-state index >= 15 is 0 Å². The fourth-order valence-electron chi connectivity index (χ4n) is 5.20. The molecule has 4 aromatic rings. The Bertz CT molecular complexity index is 1600. The predicted octanol–water partition coefficient (Wildman–Crippen LogP) is 7.19. The third-order valence-corrected chi connectivity index (χ3v) is 7.50. The molecule has 45 heavy (non-hydrogen) atoms. The van der Waals surface area contributed by atoms with Gasteiger partial charge in [0.25, 0.3) is 11.9 Å². The van der Waals surface area contributed by atoms with Crippen molar-refractivity contribution in [2.45, 2.75) is 56.9 Å². The normalized spacial score (nSPS) is 14.8. The Morgan fingerprint density at radius 1 is 0.911 bits per heavy atom. The van der Waals surface area contributed by atoms with E-state index in [-0.39, 0.29) is 30.1 Å². The van der Waals surface area contributed by atoms with Crippen molar-refractivity contribution < 1.29 is 31.1 Å². The van der Waals surface area contributed by atoms with Crippen LogP contribution in [0.1, 0.15) is 70.6 Å². The van der Waals surface area contributed by atoms with Crippen molar-refractivity contribution in [2.75, 3.05) is 10.2 Å². The standard InChI is InChI=1S/C30H28F6N8O/c31-29(32,33)22-14-23(30(34,35)36)16-24(15-22)38-27(37)44(25-12-10-20(11-13-25)19-4-2-1-3-5-19)17-18-6-8-21(9-7-18)26(45)39-28-40-42-43-41-28/h6-16,19H,1-5,17H2,(H2,37,38)(H2,39,40,41,42,43,45). The number of amides is 1. The predicted molar refractivity (Wildman–Crippen MR) is 155 cm³/mol. The molecule has 0 bridgehead atoms. The van der Waals surface area contributed by atoms with Crippen molar-refractivity contribution in [3.05, 3.63) is 94.5 Å². The van der Waals surface area contributed by atoms with Crippen molar-refractivity contribution in [3.8, 4) is 0 Å². The molecular weight excluding hydrogens is 602 g/mol. The summed E-state index contributed by atoms with van der Waals surface area (Å²) >= 11 is 0. The molecule has 0 atom stereocenters. The summed E-state index contributed by atoms with van der Waals surface area (Å²) in [6, 6.07) is 14.9. The van der Waals surface area contributed by atoms with Gasteiger partial charge in [0.15, 0.2) is 0 Å². The average molecular weight is 631 g/mol. The summed E-state index contributed by atoms with van der Waals surface area (Å²) in [5.41, 5.74) is 5.27. The number of nitrogens with one attached hydrogen (secondary N) is 2. The van der Waals surface area contributed by atoms with Gasteiger partial charge in [-0.2, -0.15) is 31.6 Å². The molecule has 0 unspecified atom stereocenters. The third kappa shape index (κ3) is 7.96. The number of tetrazole rings is 1. The van der Waals surface area contributed by atoms with Crippen LogP contribution in [0.4, 0.5) is 43.7 Å². The van der Waals surface area contributed by atoms with Crippen molar-refractivity contribution >= 4 is 29.2 Å². The minimum absolute atomic E-state index is 0.0146. The Hall–Kier alpha value is -4.95. The largest absolute Gasteiger partial charge is 0.416 e. The Balaban J connectivity index is 1.47. The molecule has 1 aliphatic carbocycles. The second-order valence-electron chi connectivity index (χ2n) is 10.6. The third-order valence-electron chi connectivity index (χ3n) is 7.50. The molecule has 4 N–H and O–H groups in total. The van der Waals surface area contributed by atoms with Gasteiger partial charge in [0.05, 0.1) is 23.4 Å². The monoisotopic (exact) mass is 630 g/mol. The number of anilines is 2. The molecule has 0 spiro atoms. The van der Waals surface area contributed by atoms with Crippen LogP contribution in [0.15, 0.2) is 71.7 Å². The van der Waals surface area contributed by atoms with Crippen LogP contribution < -0.4 is 16.0 Å². The van der Waals surface area contributed by atoms with E-state index in [0.29, 0.717) is 29.3 Å². The molecule has 1 saturated carbocycles. The fraction of sp³-hybridized carbons (Fsp3) is 0.300. The summed E-state index contributed by atoms with van der Waals surface area (Å²) in [5.74, 6) is -0.431. The smallest absolute Gasteiger partial charge is 0.369 e. The second-order valence-corrected chi connectivity index (χ2v) is 10.6. The molecule has 1 heterocycles. The first-order valence-electron chi connectivity index (χ1n) is 14.0. The van der Waals surface area contributed by atoms with Crippen LogP contribution in [0.5, 0.6) is 0 Å². The Morgan fingerprint density at radius 2 is 1.53 bits per heavy atom. The van der Waals surface area contributed by atoms with Crippen LogP contribution >= 0.6 is 0 Å². The van der Waals surface area contributed by atoms with Crippen LogP contribution in [0.3, 0.4) is 0 Å². The highest BCUT2D eigenvalue weighted by Gasteiger charge is 2.37. The second kappa shape index (κ2) is 13.0. The van der Waals surface area contributed by atoms with E-state index in [2.05, 4.69) is 30.9 Å². The van der Waals surface area contributed by atoms with Crippen LogP contribution in [0.25, 0.3) is 0 Å². The van der Waals surface area contributed by atoms with E-state index in [1.165, 1.54) is 23.5 Å². The highest BCUT2D eigenvalue weighted by molar-refractivity contribution is 6.03. The molecule has 1 aliphatic rings. The quantitative estimate of drug-likeness (QED) is 0.113. The number of hydrogen-bond acceptors (Lipinski definition) is 5. The highest BCUT2D eigenvalue weighted by atomic mass is 19.4. The number of guanidine groups is 1. The number of aromatic amines is 1. The molecule has 0 saturated heterocycles. The lowest BCUT2D eigenvalue weighted by Crippen LogP contribution is -2.36. The SMILES string of the molecule is NC(=Nc1cc(C(F)(F)F)cc(C(F)(F)F)c1)N(Cc1ccc(C(=O)Nc2nn[nH]n2)cc1)c1ccc(C2CCCCC2)cc1. The van der Waals surface area contributed by atoms with Gasteiger partial charge >= 0.3 is 12.4 Å². The maximum Gasteiger partial charge on any atom is 0.416 e. The number of alkyl halides is 6. The first-order chi connectivity index (χ1) is 21.4. The number of nitrogens with two attached hydrogens (primary N) is 1. The zero-order chi connectivity index (χ0) is 32.2. The molecule has 0 radical (unpaired) electrons. The topological polar surface area (TPSA) is 125 Å². The first-order valence-corrected chi connectivity index (χ1v) is 14.0. The van der Waals surface area contributed by atoms with Crippen LogP contribution in [-0.4, -0.2) is 32.5 Å². The number of hydrogen-bond donors (Lipinski definition) is 3. The van der Waals surface area contributed by atoms with Gasteiger partial charge in [0.2, 0.25) is 5.96 Å². The summed E-state index contributed by atoms with van der Waals surface area (Å²) in [7, 11) is 0. The van der Waals surface area contributed by atoms with Gasteiger partial charge in [-0.05, 0) is 77.6 Å². The summed E-state index contributed by atoms with van der Waals surface area (Å²) < 4.78 is 80.8. The summed E-state index contributed by atoms with van der Waals surface area (Å²) in [4.78, 5) is 18.0. The van der Waals surface area contributed by atoms with Gasteiger partial charge < -0.3 is 10.6 Å². The van der Waals surface area contributed by atoms with Gasteiger partial charge in [-0.3, -0.25) is 10.1 Å². The molecule has 9 nitrogen and oxygen atoms in total. The lowest BCUT2D eigenvalue weighted by atomic mass is 9.84. The van der Waals surface area contributed by atoms with E-state index in [4.69, 9.17) is 5.73 Å². The number of rotatable bonds is 7. The maximum atomic E-state index is 13.5. The van der Waals surface area contributed by atoms with E-state index in [1.54, 1.807) is 24.3 Å². The molecule has 0 aliphatic heterocycles. The minimum atomic E-state index is -5.04. The molecule has 5 rings (SSSR count). The molecule has 1 amide bonds. The van der Waals surface area contributed by atoms with E-state index in [1.807, 2.05) is 12.1 Å². The van der Waals surface area contributed by atoms with E-state index < -0.39 is 35.1 Å². The Morgan fingerprint density at radius 3 is 2.09 bits per heavy atom. The minimum Gasteiger partial charge on any atom is -0.369 e. The van der Waals surface area contributed by atoms with Crippen molar-refractivity contribution in [1.29, 1.82) is 0 Å². The summed E-state index contributed by atoms with van der Waals surface area (Å²) in [6.07, 6.45) is -4.47. The number of nitrogens with zero attached hydrogens (tertiary/aromatic N) is 5. The molecule has 236 valence electrons. The Kier molecular flexibility index (Phi) is 9.06. The zero-order valence-electron chi connectivity index (χ0n) is 23.7. The zero-order valence-corrected chi connectivity index (χ0v) is 23.7. The van der Waals surface area contributed by atoms with E-state index in [9.17, 15) is 31.1 Å². The number of aromatic nitrogens is 4. The molecule has 15 heteroatoms. The molecule has 1 aromatic heterocycles. The van der Waals surface area contributed by atoms with Gasteiger partial charge in [-0.1, -0.05) is 48.6 Å². The van der Waals surface area contributed by atoms with Crippen LogP contribution in [0, 0.1) is 0 Å². The van der Waals surface area contributed by atoms with Crippen LogP contribution in [0.2, 0.25) is 0 Å². The molecular formula is C30H28F6N8O. The number of carbonyl (C=O) groups excluding carboxylic acids is 1. The lowest BCUT2D eigenvalue weighted by molar-refractivity contribution is -0.143. The molecule has 1 fully saturated rings. The number of benzene rings is 3. The van der Waals surface area contributed by atoms with Crippen molar-refractivity contribution in [2.24, 2.45) is 10.7 Å². The van der Waals surface area contributed by atoms with Crippen molar-refractivity contribution in [3.63, 3.8) is 0 Å². The van der Waals surface area contributed by atoms with Gasteiger partial charge in [-0.25, -0.2) is 4.99 Å². The number of H-pyrrole nitrogens is 1. The Labute approximate surface area is 253 Å². The van der Waals surface area contributed by atoms with Crippen LogP contribution in [-0.2, 0) is 18.9 Å². The summed E-state index contributed by atoms with van der Waals surface area (Å²) in [5, 5.41) is 15.4.